The van der Waals surface area contributed by atoms with Crippen molar-refractivity contribution < 1.29 is 0 Å². The third-order valence-corrected chi connectivity index (χ3v) is 3.94. The minimum absolute atomic E-state index is 0.0104. The maximum Gasteiger partial charge on any atom is 0.0897 e. The number of nitrogens with zero attached hydrogens (tertiary/aromatic N) is 4. The number of aromatic nitrogens is 4. The Morgan fingerprint density at radius 1 is 1.21 bits per heavy atom. The lowest BCUT2D eigenvalue weighted by Gasteiger charge is -2.21. The Morgan fingerprint density at radius 2 is 1.89 bits per heavy atom. The number of hydrogen-bond acceptors (Lipinski definition) is 4. The Morgan fingerprint density at radius 3 is 2.37 bits per heavy atom. The average Bonchev–Trinajstić information content (AvgIpc) is 2.85. The van der Waals surface area contributed by atoms with Gasteiger partial charge in [0.25, 0.3) is 0 Å². The van der Waals surface area contributed by atoms with Gasteiger partial charge in [0, 0.05) is 23.4 Å². The van der Waals surface area contributed by atoms with Crippen molar-refractivity contribution in [1.82, 2.24) is 20.0 Å². The third-order valence-electron chi connectivity index (χ3n) is 3.16. The van der Waals surface area contributed by atoms with Gasteiger partial charge in [-0.05, 0) is 27.7 Å². The van der Waals surface area contributed by atoms with Crippen LogP contribution >= 0.6 is 11.3 Å². The number of hydrogen-bond donors (Lipinski definition) is 0. The van der Waals surface area contributed by atoms with Crippen molar-refractivity contribution in [1.29, 1.82) is 0 Å². The average molecular weight is 278 g/mol. The molecule has 0 aromatic carbocycles. The second kappa shape index (κ2) is 4.71. The molecule has 0 N–H and O–H groups in total. The van der Waals surface area contributed by atoms with Crippen LogP contribution in [-0.2, 0) is 17.4 Å². The van der Waals surface area contributed by atoms with E-state index in [1.54, 1.807) is 11.3 Å². The third kappa shape index (κ3) is 3.21. The molecule has 0 atom stereocenters. The maximum atomic E-state index is 4.60. The molecule has 0 spiro atoms. The minimum Gasteiger partial charge on any atom is -0.247 e. The fraction of sp³-hybridized carbons (Fsp3) is 0.643. The highest BCUT2D eigenvalue weighted by Crippen LogP contribution is 2.28. The molecule has 2 heterocycles. The molecule has 0 saturated heterocycles. The van der Waals surface area contributed by atoms with Gasteiger partial charge < -0.3 is 0 Å². The predicted molar refractivity (Wildman–Crippen MR) is 78.6 cm³/mol. The van der Waals surface area contributed by atoms with Crippen LogP contribution < -0.4 is 0 Å². The normalized spacial score (nSPS) is 12.9. The van der Waals surface area contributed by atoms with Crippen LogP contribution in [0.5, 0.6) is 0 Å². The summed E-state index contributed by atoms with van der Waals surface area (Å²) >= 11 is 1.70. The quantitative estimate of drug-likeness (QED) is 0.865. The Hall–Kier alpha value is -1.23. The zero-order valence-corrected chi connectivity index (χ0v) is 13.4. The van der Waals surface area contributed by atoms with Crippen LogP contribution in [0.1, 0.15) is 51.0 Å². The lowest BCUT2D eigenvalue weighted by Crippen LogP contribution is -2.23. The first-order chi connectivity index (χ1) is 8.68. The second-order valence-electron chi connectivity index (χ2n) is 6.64. The fourth-order valence-electron chi connectivity index (χ4n) is 1.92. The zero-order chi connectivity index (χ0) is 14.3. The summed E-state index contributed by atoms with van der Waals surface area (Å²) in [7, 11) is 0. The van der Waals surface area contributed by atoms with Crippen LogP contribution in [0.2, 0.25) is 0 Å². The van der Waals surface area contributed by atoms with E-state index >= 15 is 0 Å². The van der Waals surface area contributed by atoms with Crippen LogP contribution in [0.15, 0.2) is 11.6 Å². The molecule has 2 aromatic heterocycles. The summed E-state index contributed by atoms with van der Waals surface area (Å²) in [5.74, 6) is 0. The summed E-state index contributed by atoms with van der Waals surface area (Å²) in [5.41, 5.74) is 2.13. The van der Waals surface area contributed by atoms with Crippen molar-refractivity contribution in [3.63, 3.8) is 0 Å². The number of thiazole rings is 1. The van der Waals surface area contributed by atoms with E-state index in [1.807, 2.05) is 17.8 Å². The summed E-state index contributed by atoms with van der Waals surface area (Å²) in [6.45, 7) is 12.8. The van der Waals surface area contributed by atoms with Crippen LogP contribution in [0.4, 0.5) is 0 Å². The summed E-state index contributed by atoms with van der Waals surface area (Å²) in [6.07, 6.45) is 2.90. The SMILES string of the molecule is Cc1nc(C(C)(C)Cc2cn(C(C)(C)C)nn2)cs1. The molecule has 2 rings (SSSR count). The van der Waals surface area contributed by atoms with Gasteiger partial charge in [-0.15, -0.1) is 16.4 Å². The Kier molecular flexibility index (Phi) is 3.51. The molecule has 19 heavy (non-hydrogen) atoms. The lowest BCUT2D eigenvalue weighted by atomic mass is 9.85. The van der Waals surface area contributed by atoms with Crippen molar-refractivity contribution in [3.8, 4) is 0 Å². The largest absolute Gasteiger partial charge is 0.247 e. The first-order valence-electron chi connectivity index (χ1n) is 6.53. The smallest absolute Gasteiger partial charge is 0.0897 e. The number of aryl methyl sites for hydroxylation is 1. The van der Waals surface area contributed by atoms with Crippen molar-refractivity contribution in [3.05, 3.63) is 28.0 Å². The van der Waals surface area contributed by atoms with E-state index in [4.69, 9.17) is 0 Å². The molecular formula is C14H22N4S. The highest BCUT2D eigenvalue weighted by molar-refractivity contribution is 7.09. The highest BCUT2D eigenvalue weighted by Gasteiger charge is 2.26. The van der Waals surface area contributed by atoms with E-state index < -0.39 is 0 Å². The highest BCUT2D eigenvalue weighted by atomic mass is 32.1. The van der Waals surface area contributed by atoms with Crippen LogP contribution in [0.3, 0.4) is 0 Å². The fourth-order valence-corrected chi connectivity index (χ4v) is 2.73. The van der Waals surface area contributed by atoms with Gasteiger partial charge in [0.1, 0.15) is 0 Å². The Labute approximate surface area is 118 Å². The Bertz CT molecular complexity index is 560. The summed E-state index contributed by atoms with van der Waals surface area (Å²) in [6, 6.07) is 0. The monoisotopic (exact) mass is 278 g/mol. The maximum absolute atomic E-state index is 4.60. The summed E-state index contributed by atoms with van der Waals surface area (Å²) < 4.78 is 1.92. The van der Waals surface area contributed by atoms with E-state index in [0.717, 1.165) is 22.8 Å². The molecule has 0 saturated carbocycles. The van der Waals surface area contributed by atoms with Gasteiger partial charge in [0.15, 0.2) is 0 Å². The molecule has 0 radical (unpaired) electrons. The second-order valence-corrected chi connectivity index (χ2v) is 7.70. The molecule has 0 aliphatic heterocycles. The van der Waals surface area contributed by atoms with Crippen LogP contribution in [0.25, 0.3) is 0 Å². The van der Waals surface area contributed by atoms with Gasteiger partial charge >= 0.3 is 0 Å². The molecule has 104 valence electrons. The van der Waals surface area contributed by atoms with Crippen molar-refractivity contribution in [2.45, 2.75) is 58.9 Å². The lowest BCUT2D eigenvalue weighted by molar-refractivity contribution is 0.346. The number of rotatable bonds is 3. The summed E-state index contributed by atoms with van der Waals surface area (Å²) in [4.78, 5) is 4.60. The molecule has 0 bridgehead atoms. The van der Waals surface area contributed by atoms with E-state index in [-0.39, 0.29) is 11.0 Å². The van der Waals surface area contributed by atoms with Gasteiger partial charge in [-0.1, -0.05) is 19.1 Å². The van der Waals surface area contributed by atoms with Gasteiger partial charge in [0.05, 0.1) is 21.9 Å². The van der Waals surface area contributed by atoms with Crippen molar-refractivity contribution in [2.75, 3.05) is 0 Å². The van der Waals surface area contributed by atoms with Gasteiger partial charge in [-0.3, -0.25) is 0 Å². The van der Waals surface area contributed by atoms with E-state index in [1.165, 1.54) is 0 Å². The molecule has 2 aromatic rings. The first kappa shape index (κ1) is 14.2. The first-order valence-corrected chi connectivity index (χ1v) is 7.41. The molecule has 4 nitrogen and oxygen atoms in total. The van der Waals surface area contributed by atoms with E-state index in [0.29, 0.717) is 0 Å². The predicted octanol–water partition coefficient (Wildman–Crippen LogP) is 3.32. The molecule has 0 aliphatic carbocycles. The van der Waals surface area contributed by atoms with E-state index in [2.05, 4.69) is 55.3 Å². The molecule has 0 amide bonds. The van der Waals surface area contributed by atoms with Crippen molar-refractivity contribution in [2.24, 2.45) is 0 Å². The zero-order valence-electron chi connectivity index (χ0n) is 12.6. The van der Waals surface area contributed by atoms with Gasteiger partial charge in [-0.2, -0.15) is 0 Å². The standard InChI is InChI=1S/C14H22N4S/c1-10-15-12(9-19-10)14(5,6)7-11-8-18(17-16-11)13(2,3)4/h8-9H,7H2,1-6H3. The molecular weight excluding hydrogens is 256 g/mol. The van der Waals surface area contributed by atoms with Gasteiger partial charge in [-0.25, -0.2) is 9.67 Å². The molecule has 5 heteroatoms. The Balaban J connectivity index is 2.18. The molecule has 0 fully saturated rings. The van der Waals surface area contributed by atoms with E-state index in [9.17, 15) is 0 Å². The van der Waals surface area contributed by atoms with Gasteiger partial charge in [0.2, 0.25) is 0 Å². The minimum atomic E-state index is -0.0212. The topological polar surface area (TPSA) is 43.6 Å². The van der Waals surface area contributed by atoms with Crippen LogP contribution in [0, 0.1) is 6.92 Å². The van der Waals surface area contributed by atoms with Crippen LogP contribution in [-0.4, -0.2) is 20.0 Å². The molecule has 0 aliphatic rings. The summed E-state index contributed by atoms with van der Waals surface area (Å²) in [5, 5.41) is 11.8. The van der Waals surface area contributed by atoms with Crippen molar-refractivity contribution >= 4 is 11.3 Å². The molecule has 0 unspecified atom stereocenters.